The van der Waals surface area contributed by atoms with Crippen LogP contribution >= 0.6 is 0 Å². The lowest BCUT2D eigenvalue weighted by Gasteiger charge is -2.16. The summed E-state index contributed by atoms with van der Waals surface area (Å²) >= 11 is 0. The first-order valence-corrected chi connectivity index (χ1v) is 6.29. The predicted octanol–water partition coefficient (Wildman–Crippen LogP) is 1.91. The summed E-state index contributed by atoms with van der Waals surface area (Å²) < 4.78 is 5.16. The van der Waals surface area contributed by atoms with E-state index in [9.17, 15) is 9.59 Å². The number of nitrogens with two attached hydrogens (primary N) is 1. The maximum atomic E-state index is 11.7. The molecule has 0 aromatic heterocycles. The minimum Gasteiger partial charge on any atom is -0.445 e. The molecule has 2 N–H and O–H groups in total. The monoisotopic (exact) mass is 264 g/mol. The van der Waals surface area contributed by atoms with Gasteiger partial charge in [0.05, 0.1) is 0 Å². The van der Waals surface area contributed by atoms with Crippen LogP contribution in [0.3, 0.4) is 0 Å². The average Bonchev–Trinajstić information content (AvgIpc) is 2.41. The number of carbonyl (C=O) groups is 2. The molecule has 5 nitrogen and oxygen atoms in total. The van der Waals surface area contributed by atoms with Crippen LogP contribution in [0.5, 0.6) is 0 Å². The fourth-order valence-electron chi connectivity index (χ4n) is 1.57. The molecule has 0 heterocycles. The van der Waals surface area contributed by atoms with Crippen molar-refractivity contribution >= 4 is 12.0 Å². The third-order valence-corrected chi connectivity index (χ3v) is 2.68. The Labute approximate surface area is 113 Å². The fourth-order valence-corrected chi connectivity index (χ4v) is 1.57. The minimum atomic E-state index is -0.358. The smallest absolute Gasteiger partial charge is 0.409 e. The molecule has 0 aliphatic rings. The maximum Gasteiger partial charge on any atom is 0.409 e. The summed E-state index contributed by atoms with van der Waals surface area (Å²) in [5.41, 5.74) is 5.99. The van der Waals surface area contributed by atoms with Gasteiger partial charge in [-0.3, -0.25) is 4.79 Å². The third-order valence-electron chi connectivity index (χ3n) is 2.68. The molecule has 0 bridgehead atoms. The Hall–Kier alpha value is -2.04. The molecule has 2 amide bonds. The van der Waals surface area contributed by atoms with Crippen molar-refractivity contribution in [3.05, 3.63) is 35.9 Å². The Morgan fingerprint density at radius 3 is 2.53 bits per heavy atom. The normalized spacial score (nSPS) is 9.95. The molecule has 1 aromatic carbocycles. The van der Waals surface area contributed by atoms with Crippen LogP contribution in [-0.4, -0.2) is 30.5 Å². The standard InChI is InChI=1S/C14H20N2O3/c1-16(10-6-5-9-13(15)17)14(18)19-11-12-7-3-2-4-8-12/h2-4,7-8H,5-6,9-11H2,1H3,(H2,15,17). The van der Waals surface area contributed by atoms with Gasteiger partial charge < -0.3 is 15.4 Å². The van der Waals surface area contributed by atoms with E-state index in [1.54, 1.807) is 7.05 Å². The highest BCUT2D eigenvalue weighted by Gasteiger charge is 2.09. The Kier molecular flexibility index (Phi) is 6.43. The zero-order valence-electron chi connectivity index (χ0n) is 11.2. The number of nitrogens with zero attached hydrogens (tertiary/aromatic N) is 1. The first-order chi connectivity index (χ1) is 9.09. The Balaban J connectivity index is 2.20. The van der Waals surface area contributed by atoms with Crippen molar-refractivity contribution in [3.63, 3.8) is 0 Å². The van der Waals surface area contributed by atoms with Gasteiger partial charge in [-0.15, -0.1) is 0 Å². The van der Waals surface area contributed by atoms with E-state index in [2.05, 4.69) is 0 Å². The molecule has 0 saturated carbocycles. The van der Waals surface area contributed by atoms with E-state index in [0.717, 1.165) is 12.0 Å². The summed E-state index contributed by atoms with van der Waals surface area (Å²) in [6, 6.07) is 9.52. The number of ether oxygens (including phenoxy) is 1. The van der Waals surface area contributed by atoms with Gasteiger partial charge in [0, 0.05) is 20.0 Å². The Morgan fingerprint density at radius 2 is 1.89 bits per heavy atom. The number of benzene rings is 1. The van der Waals surface area contributed by atoms with Crippen LogP contribution in [0.15, 0.2) is 30.3 Å². The van der Waals surface area contributed by atoms with Gasteiger partial charge in [-0.2, -0.15) is 0 Å². The molecule has 1 aromatic rings. The van der Waals surface area contributed by atoms with Crippen LogP contribution in [0.25, 0.3) is 0 Å². The summed E-state index contributed by atoms with van der Waals surface area (Å²) in [5, 5.41) is 0. The highest BCUT2D eigenvalue weighted by Crippen LogP contribution is 2.03. The molecule has 1 rings (SSSR count). The van der Waals surface area contributed by atoms with Crippen LogP contribution < -0.4 is 5.73 Å². The van der Waals surface area contributed by atoms with Gasteiger partial charge in [0.1, 0.15) is 6.61 Å². The van der Waals surface area contributed by atoms with Crippen LogP contribution in [0.1, 0.15) is 24.8 Å². The largest absolute Gasteiger partial charge is 0.445 e. The van der Waals surface area contributed by atoms with E-state index >= 15 is 0 Å². The number of primary amides is 1. The van der Waals surface area contributed by atoms with Crippen molar-refractivity contribution in [2.75, 3.05) is 13.6 Å². The van der Waals surface area contributed by atoms with Gasteiger partial charge in [0.25, 0.3) is 0 Å². The van der Waals surface area contributed by atoms with Crippen molar-refractivity contribution in [1.29, 1.82) is 0 Å². The van der Waals surface area contributed by atoms with Gasteiger partial charge in [-0.25, -0.2) is 4.79 Å². The number of hydrogen-bond donors (Lipinski definition) is 1. The molecule has 104 valence electrons. The highest BCUT2D eigenvalue weighted by atomic mass is 16.6. The molecule has 0 radical (unpaired) electrons. The zero-order chi connectivity index (χ0) is 14.1. The summed E-state index contributed by atoms with van der Waals surface area (Å²) in [5.74, 6) is -0.311. The van der Waals surface area contributed by atoms with Crippen molar-refractivity contribution in [2.24, 2.45) is 5.73 Å². The molecule has 0 unspecified atom stereocenters. The molecule has 5 heteroatoms. The van der Waals surface area contributed by atoms with Gasteiger partial charge in [0.15, 0.2) is 0 Å². The third kappa shape index (κ3) is 6.45. The van der Waals surface area contributed by atoms with Gasteiger partial charge >= 0.3 is 6.09 Å². The molecule has 0 aliphatic heterocycles. The van der Waals surface area contributed by atoms with E-state index in [1.807, 2.05) is 30.3 Å². The number of unbranched alkanes of at least 4 members (excludes halogenated alkanes) is 1. The summed E-state index contributed by atoms with van der Waals surface area (Å²) in [6.07, 6.45) is 1.42. The maximum absolute atomic E-state index is 11.7. The molecular formula is C14H20N2O3. The summed E-state index contributed by atoms with van der Waals surface area (Å²) in [7, 11) is 1.68. The molecule has 0 saturated heterocycles. The van der Waals surface area contributed by atoms with Gasteiger partial charge in [-0.05, 0) is 18.4 Å². The zero-order valence-corrected chi connectivity index (χ0v) is 11.2. The van der Waals surface area contributed by atoms with E-state index < -0.39 is 0 Å². The van der Waals surface area contributed by atoms with Crippen molar-refractivity contribution in [1.82, 2.24) is 4.90 Å². The quantitative estimate of drug-likeness (QED) is 0.764. The topological polar surface area (TPSA) is 72.6 Å². The van der Waals surface area contributed by atoms with Crippen molar-refractivity contribution < 1.29 is 14.3 Å². The van der Waals surface area contributed by atoms with Crippen molar-refractivity contribution in [3.8, 4) is 0 Å². The van der Waals surface area contributed by atoms with Crippen LogP contribution in [-0.2, 0) is 16.1 Å². The number of amides is 2. The molecule has 0 spiro atoms. The predicted molar refractivity (Wildman–Crippen MR) is 72.3 cm³/mol. The summed E-state index contributed by atoms with van der Waals surface area (Å²) in [4.78, 5) is 23.7. The lowest BCUT2D eigenvalue weighted by Crippen LogP contribution is -2.28. The molecule has 0 fully saturated rings. The van der Waals surface area contributed by atoms with E-state index in [4.69, 9.17) is 10.5 Å². The van der Waals surface area contributed by atoms with E-state index in [1.165, 1.54) is 4.90 Å². The first kappa shape index (κ1) is 15.0. The Morgan fingerprint density at radius 1 is 1.21 bits per heavy atom. The van der Waals surface area contributed by atoms with Gasteiger partial charge in [-0.1, -0.05) is 30.3 Å². The number of carbonyl (C=O) groups excluding carboxylic acids is 2. The number of rotatable bonds is 7. The molecule has 0 atom stereocenters. The van der Waals surface area contributed by atoms with Gasteiger partial charge in [0.2, 0.25) is 5.91 Å². The van der Waals surface area contributed by atoms with Crippen LogP contribution in [0, 0.1) is 0 Å². The van der Waals surface area contributed by atoms with Crippen molar-refractivity contribution in [2.45, 2.75) is 25.9 Å². The van der Waals surface area contributed by atoms with Crippen LogP contribution in [0.4, 0.5) is 4.79 Å². The second-order valence-electron chi connectivity index (χ2n) is 4.39. The van der Waals surface area contributed by atoms with Crippen LogP contribution in [0.2, 0.25) is 0 Å². The van der Waals surface area contributed by atoms with E-state index in [0.29, 0.717) is 19.4 Å². The highest BCUT2D eigenvalue weighted by molar-refractivity contribution is 5.73. The molecule has 19 heavy (non-hydrogen) atoms. The molecule has 0 aliphatic carbocycles. The summed E-state index contributed by atoms with van der Waals surface area (Å²) in [6.45, 7) is 0.826. The Bertz CT molecular complexity index is 406. The first-order valence-electron chi connectivity index (χ1n) is 6.29. The second-order valence-corrected chi connectivity index (χ2v) is 4.39. The van der Waals surface area contributed by atoms with E-state index in [-0.39, 0.29) is 18.6 Å². The molecular weight excluding hydrogens is 244 g/mol. The SMILES string of the molecule is CN(CCCCC(N)=O)C(=O)OCc1ccccc1. The second kappa shape index (κ2) is 8.13. The number of hydrogen-bond acceptors (Lipinski definition) is 3. The fraction of sp³-hybridized carbons (Fsp3) is 0.429. The lowest BCUT2D eigenvalue weighted by molar-refractivity contribution is -0.118. The average molecular weight is 264 g/mol. The lowest BCUT2D eigenvalue weighted by atomic mass is 10.2. The minimum absolute atomic E-state index is 0.269.